The Bertz CT molecular complexity index is 241. The van der Waals surface area contributed by atoms with Gasteiger partial charge in [-0.3, -0.25) is 10.4 Å². The van der Waals surface area contributed by atoms with Crippen molar-refractivity contribution in [1.82, 2.24) is 5.32 Å². The summed E-state index contributed by atoms with van der Waals surface area (Å²) >= 11 is 0. The summed E-state index contributed by atoms with van der Waals surface area (Å²) in [6, 6.07) is -0.140. The molecule has 5 N–H and O–H groups in total. The first-order chi connectivity index (χ1) is 7.52. The average Bonchev–Trinajstić information content (AvgIpc) is 2.26. The Morgan fingerprint density at radius 1 is 1.56 bits per heavy atom. The smallest absolute Gasteiger partial charge is 0.228 e. The molecule has 0 aliphatic rings. The van der Waals surface area contributed by atoms with Crippen LogP contribution in [-0.4, -0.2) is 55.6 Å². The van der Waals surface area contributed by atoms with Gasteiger partial charge in [0.2, 0.25) is 5.90 Å². The number of nitrogens with one attached hydrogen (secondary N) is 2. The SMILES string of the molecule is COC(=N)/C(CNCCO)=N\C(C)[C@@H](C)N. The van der Waals surface area contributed by atoms with Crippen molar-refractivity contribution in [2.45, 2.75) is 25.9 Å². The lowest BCUT2D eigenvalue weighted by Crippen LogP contribution is -2.35. The van der Waals surface area contributed by atoms with Crippen molar-refractivity contribution in [2.75, 3.05) is 26.8 Å². The summed E-state index contributed by atoms with van der Waals surface area (Å²) in [6.07, 6.45) is 0. The first-order valence-electron chi connectivity index (χ1n) is 5.29. The first kappa shape index (κ1) is 15.0. The molecule has 6 heteroatoms. The zero-order chi connectivity index (χ0) is 12.6. The van der Waals surface area contributed by atoms with Crippen molar-refractivity contribution in [3.8, 4) is 0 Å². The number of methoxy groups -OCH3 is 1. The normalized spacial score (nSPS) is 15.7. The molecule has 0 amide bonds. The molecule has 0 aromatic heterocycles. The summed E-state index contributed by atoms with van der Waals surface area (Å²) in [6.45, 7) is 4.66. The number of aliphatic hydroxyl groups is 1. The molecule has 0 spiro atoms. The number of rotatable bonds is 7. The standard InChI is InChI=1S/C10H22N4O2/c1-7(11)8(2)14-9(10(12)16-3)6-13-4-5-15/h7-8,12-13,15H,4-6,11H2,1-3H3/b12-10?,14-9-/t7-,8?/m1/s1. The molecule has 0 fully saturated rings. The molecule has 2 atom stereocenters. The summed E-state index contributed by atoms with van der Waals surface area (Å²) in [4.78, 5) is 4.32. The monoisotopic (exact) mass is 230 g/mol. The van der Waals surface area contributed by atoms with Crippen LogP contribution in [0.3, 0.4) is 0 Å². The minimum absolute atomic E-state index is 0.0259. The number of hydrogen-bond donors (Lipinski definition) is 4. The van der Waals surface area contributed by atoms with Crippen LogP contribution in [0.15, 0.2) is 4.99 Å². The van der Waals surface area contributed by atoms with Gasteiger partial charge in [0.15, 0.2) is 0 Å². The van der Waals surface area contributed by atoms with Crippen molar-refractivity contribution in [3.05, 3.63) is 0 Å². The van der Waals surface area contributed by atoms with E-state index in [0.29, 0.717) is 18.8 Å². The number of ether oxygens (including phenoxy) is 1. The maximum atomic E-state index is 8.64. The fourth-order valence-electron chi connectivity index (χ4n) is 0.952. The molecule has 0 aromatic rings. The highest BCUT2D eigenvalue weighted by molar-refractivity contribution is 6.38. The Balaban J connectivity index is 4.47. The molecular formula is C10H22N4O2. The van der Waals surface area contributed by atoms with Gasteiger partial charge in [-0.25, -0.2) is 0 Å². The van der Waals surface area contributed by atoms with Crippen molar-refractivity contribution in [1.29, 1.82) is 5.41 Å². The quantitative estimate of drug-likeness (QED) is 0.265. The molecule has 0 saturated heterocycles. The van der Waals surface area contributed by atoms with Gasteiger partial charge in [-0.05, 0) is 13.8 Å². The Morgan fingerprint density at radius 2 is 2.19 bits per heavy atom. The first-order valence-corrected chi connectivity index (χ1v) is 5.29. The van der Waals surface area contributed by atoms with Gasteiger partial charge in [0.05, 0.1) is 19.8 Å². The number of aliphatic hydroxyl groups excluding tert-OH is 1. The lowest BCUT2D eigenvalue weighted by atomic mass is 10.2. The van der Waals surface area contributed by atoms with Crippen LogP contribution in [-0.2, 0) is 4.74 Å². The number of hydrogen-bond acceptors (Lipinski definition) is 6. The maximum Gasteiger partial charge on any atom is 0.228 e. The molecule has 6 nitrogen and oxygen atoms in total. The van der Waals surface area contributed by atoms with E-state index in [4.69, 9.17) is 21.0 Å². The van der Waals surface area contributed by atoms with Gasteiger partial charge >= 0.3 is 0 Å². The molecule has 0 saturated carbocycles. The number of aliphatic imine (C=N–C) groups is 1. The summed E-state index contributed by atoms with van der Waals surface area (Å²) in [7, 11) is 1.43. The van der Waals surface area contributed by atoms with Crippen LogP contribution in [0.2, 0.25) is 0 Å². The van der Waals surface area contributed by atoms with E-state index in [1.165, 1.54) is 7.11 Å². The summed E-state index contributed by atoms with van der Waals surface area (Å²) in [5, 5.41) is 19.2. The third-order valence-corrected chi connectivity index (χ3v) is 2.17. The van der Waals surface area contributed by atoms with E-state index in [0.717, 1.165) is 0 Å². The van der Waals surface area contributed by atoms with Crippen LogP contribution in [0.5, 0.6) is 0 Å². The van der Waals surface area contributed by atoms with E-state index in [9.17, 15) is 0 Å². The molecule has 16 heavy (non-hydrogen) atoms. The molecule has 0 aromatic carbocycles. The van der Waals surface area contributed by atoms with Gasteiger partial charge in [-0.2, -0.15) is 0 Å². The van der Waals surface area contributed by atoms with E-state index < -0.39 is 0 Å². The molecule has 1 unspecified atom stereocenters. The largest absolute Gasteiger partial charge is 0.480 e. The minimum atomic E-state index is -0.0718. The van der Waals surface area contributed by atoms with Crippen LogP contribution in [0.4, 0.5) is 0 Å². The van der Waals surface area contributed by atoms with Crippen LogP contribution < -0.4 is 11.1 Å². The average molecular weight is 230 g/mol. The third-order valence-electron chi connectivity index (χ3n) is 2.17. The van der Waals surface area contributed by atoms with Gasteiger partial charge in [-0.15, -0.1) is 0 Å². The van der Waals surface area contributed by atoms with E-state index in [2.05, 4.69) is 10.3 Å². The summed E-state index contributed by atoms with van der Waals surface area (Å²) < 4.78 is 4.83. The Morgan fingerprint density at radius 3 is 2.62 bits per heavy atom. The molecule has 0 rings (SSSR count). The van der Waals surface area contributed by atoms with E-state index >= 15 is 0 Å². The molecule has 94 valence electrons. The fraction of sp³-hybridized carbons (Fsp3) is 0.800. The summed E-state index contributed by atoms with van der Waals surface area (Å²) in [5.41, 5.74) is 6.22. The van der Waals surface area contributed by atoms with Crippen molar-refractivity contribution in [2.24, 2.45) is 10.7 Å². The predicted molar refractivity (Wildman–Crippen MR) is 65.2 cm³/mol. The molecule has 0 radical (unpaired) electrons. The molecule has 0 bridgehead atoms. The van der Waals surface area contributed by atoms with Crippen LogP contribution >= 0.6 is 0 Å². The fourth-order valence-corrected chi connectivity index (χ4v) is 0.952. The maximum absolute atomic E-state index is 8.64. The third kappa shape index (κ3) is 5.79. The highest BCUT2D eigenvalue weighted by Gasteiger charge is 2.11. The number of nitrogens with zero attached hydrogens (tertiary/aromatic N) is 1. The zero-order valence-electron chi connectivity index (χ0n) is 10.2. The molecule has 0 aliphatic heterocycles. The second-order valence-electron chi connectivity index (χ2n) is 3.61. The number of nitrogens with two attached hydrogens (primary N) is 1. The Kier molecular flexibility index (Phi) is 7.70. The lowest BCUT2D eigenvalue weighted by Gasteiger charge is -2.14. The van der Waals surface area contributed by atoms with Gasteiger partial charge in [-0.1, -0.05) is 0 Å². The Hall–Kier alpha value is -0.980. The van der Waals surface area contributed by atoms with Crippen molar-refractivity contribution < 1.29 is 9.84 Å². The molecule has 0 aliphatic carbocycles. The zero-order valence-corrected chi connectivity index (χ0v) is 10.2. The van der Waals surface area contributed by atoms with Crippen LogP contribution in [0.1, 0.15) is 13.8 Å². The van der Waals surface area contributed by atoms with Crippen molar-refractivity contribution >= 4 is 11.6 Å². The van der Waals surface area contributed by atoms with Gasteiger partial charge in [0.25, 0.3) is 0 Å². The van der Waals surface area contributed by atoms with Gasteiger partial charge in [0, 0.05) is 19.1 Å². The minimum Gasteiger partial charge on any atom is -0.480 e. The highest BCUT2D eigenvalue weighted by Crippen LogP contribution is 1.97. The predicted octanol–water partition coefficient (Wildman–Crippen LogP) is -0.631. The van der Waals surface area contributed by atoms with Crippen LogP contribution in [0, 0.1) is 5.41 Å². The van der Waals surface area contributed by atoms with Gasteiger partial charge < -0.3 is 20.9 Å². The molecular weight excluding hydrogens is 208 g/mol. The van der Waals surface area contributed by atoms with E-state index in [-0.39, 0.29) is 24.6 Å². The van der Waals surface area contributed by atoms with Crippen molar-refractivity contribution in [3.63, 3.8) is 0 Å². The van der Waals surface area contributed by atoms with E-state index in [1.807, 2.05) is 13.8 Å². The summed E-state index contributed by atoms with van der Waals surface area (Å²) in [5.74, 6) is 0.0259. The van der Waals surface area contributed by atoms with Crippen LogP contribution in [0.25, 0.3) is 0 Å². The molecule has 0 heterocycles. The highest BCUT2D eigenvalue weighted by atomic mass is 16.5. The lowest BCUT2D eigenvalue weighted by molar-refractivity contribution is 0.295. The second-order valence-corrected chi connectivity index (χ2v) is 3.61. The van der Waals surface area contributed by atoms with E-state index in [1.54, 1.807) is 0 Å². The topological polar surface area (TPSA) is 104 Å². The van der Waals surface area contributed by atoms with Gasteiger partial charge in [0.1, 0.15) is 5.71 Å². The second kappa shape index (κ2) is 8.20. The Labute approximate surface area is 96.4 Å².